The number of thiazole rings is 1. The van der Waals surface area contributed by atoms with Crippen LogP contribution in [0.2, 0.25) is 0 Å². The number of aryl methyl sites for hydroxylation is 1. The number of nitrogens with one attached hydrogen (secondary N) is 1. The van der Waals surface area contributed by atoms with Gasteiger partial charge in [-0.25, -0.2) is 4.98 Å². The third-order valence-electron chi connectivity index (χ3n) is 1.84. The fourth-order valence-corrected chi connectivity index (χ4v) is 1.67. The summed E-state index contributed by atoms with van der Waals surface area (Å²) in [6.07, 6.45) is 3.36. The fraction of sp³-hybridized carbons (Fsp3) is 0.250. The summed E-state index contributed by atoms with van der Waals surface area (Å²) in [5.74, 6) is 0.780. The van der Waals surface area contributed by atoms with Gasteiger partial charge in [0.2, 0.25) is 0 Å². The molecule has 0 radical (unpaired) electrons. The zero-order valence-electron chi connectivity index (χ0n) is 7.64. The first-order valence-corrected chi connectivity index (χ1v) is 4.97. The van der Waals surface area contributed by atoms with E-state index < -0.39 is 0 Å². The van der Waals surface area contributed by atoms with Crippen molar-refractivity contribution in [1.82, 2.24) is 14.8 Å². The minimum Gasteiger partial charge on any atom is -0.391 e. The van der Waals surface area contributed by atoms with Gasteiger partial charge in [-0.2, -0.15) is 5.10 Å². The van der Waals surface area contributed by atoms with E-state index >= 15 is 0 Å². The van der Waals surface area contributed by atoms with Gasteiger partial charge < -0.3 is 10.4 Å². The molecule has 5 nitrogen and oxygen atoms in total. The normalized spacial score (nSPS) is 10.4. The quantitative estimate of drug-likeness (QED) is 0.796. The van der Waals surface area contributed by atoms with Crippen molar-refractivity contribution in [3.63, 3.8) is 0 Å². The summed E-state index contributed by atoms with van der Waals surface area (Å²) in [6, 6.07) is 0. The van der Waals surface area contributed by atoms with Crippen molar-refractivity contribution in [3.05, 3.63) is 23.3 Å². The van der Waals surface area contributed by atoms with Crippen molar-refractivity contribution in [2.75, 3.05) is 5.32 Å². The summed E-state index contributed by atoms with van der Waals surface area (Å²) >= 11 is 1.50. The Bertz CT molecular complexity index is 409. The Morgan fingerprint density at radius 2 is 2.50 bits per heavy atom. The molecule has 0 bridgehead atoms. The second kappa shape index (κ2) is 3.77. The van der Waals surface area contributed by atoms with Crippen LogP contribution in [0.3, 0.4) is 0 Å². The number of anilines is 2. The number of hydrogen-bond donors (Lipinski definition) is 2. The van der Waals surface area contributed by atoms with Crippen LogP contribution in [0.25, 0.3) is 0 Å². The van der Waals surface area contributed by atoms with Gasteiger partial charge in [-0.3, -0.25) is 4.68 Å². The molecule has 0 spiro atoms. The average Bonchev–Trinajstić information content (AvgIpc) is 2.79. The summed E-state index contributed by atoms with van der Waals surface area (Å²) in [5.41, 5.74) is 0.766. The molecular formula is C8H10N4OS. The molecule has 14 heavy (non-hydrogen) atoms. The van der Waals surface area contributed by atoms with Gasteiger partial charge in [-0.1, -0.05) is 0 Å². The van der Waals surface area contributed by atoms with Crippen LogP contribution < -0.4 is 5.32 Å². The maximum Gasteiger partial charge on any atom is 0.188 e. The number of rotatable bonds is 3. The molecule has 0 aliphatic heterocycles. The molecule has 0 atom stereocenters. The second-order valence-electron chi connectivity index (χ2n) is 2.76. The highest BCUT2D eigenvalue weighted by Crippen LogP contribution is 2.21. The molecule has 2 N–H and O–H groups in total. The SMILES string of the molecule is Cn1ncc(CO)c1Nc1nccs1. The van der Waals surface area contributed by atoms with E-state index in [9.17, 15) is 0 Å². The first-order chi connectivity index (χ1) is 6.81. The maximum atomic E-state index is 9.05. The largest absolute Gasteiger partial charge is 0.391 e. The predicted octanol–water partition coefficient (Wildman–Crippen LogP) is 1.11. The zero-order chi connectivity index (χ0) is 9.97. The number of nitrogens with zero attached hydrogens (tertiary/aromatic N) is 3. The number of hydrogen-bond acceptors (Lipinski definition) is 5. The molecule has 0 aliphatic rings. The van der Waals surface area contributed by atoms with E-state index in [2.05, 4.69) is 15.4 Å². The number of aliphatic hydroxyl groups is 1. The maximum absolute atomic E-state index is 9.05. The molecule has 0 saturated heterocycles. The van der Waals surface area contributed by atoms with E-state index in [1.54, 1.807) is 17.1 Å². The van der Waals surface area contributed by atoms with E-state index in [1.807, 2.05) is 12.4 Å². The first kappa shape index (κ1) is 9.17. The van der Waals surface area contributed by atoms with Crippen molar-refractivity contribution in [1.29, 1.82) is 0 Å². The molecule has 0 amide bonds. The van der Waals surface area contributed by atoms with Crippen LogP contribution in [0, 0.1) is 0 Å². The Hall–Kier alpha value is -1.40. The van der Waals surface area contributed by atoms with Crippen molar-refractivity contribution in [2.24, 2.45) is 7.05 Å². The molecule has 2 aromatic heterocycles. The topological polar surface area (TPSA) is 63.0 Å². The van der Waals surface area contributed by atoms with Crippen LogP contribution in [0.15, 0.2) is 17.8 Å². The minimum absolute atomic E-state index is 0.0262. The third kappa shape index (κ3) is 1.61. The first-order valence-electron chi connectivity index (χ1n) is 4.09. The fourth-order valence-electron chi connectivity index (χ4n) is 1.15. The Morgan fingerprint density at radius 3 is 3.14 bits per heavy atom. The Kier molecular flexibility index (Phi) is 2.47. The lowest BCUT2D eigenvalue weighted by atomic mass is 10.3. The lowest BCUT2D eigenvalue weighted by molar-refractivity contribution is 0.282. The van der Waals surface area contributed by atoms with Gasteiger partial charge in [-0.15, -0.1) is 11.3 Å². The van der Waals surface area contributed by atoms with Crippen molar-refractivity contribution >= 4 is 22.3 Å². The summed E-state index contributed by atoms with van der Waals surface area (Å²) in [4.78, 5) is 4.09. The number of aliphatic hydroxyl groups excluding tert-OH is 1. The lowest BCUT2D eigenvalue weighted by Crippen LogP contribution is -2.00. The smallest absolute Gasteiger partial charge is 0.188 e. The van der Waals surface area contributed by atoms with E-state index in [4.69, 9.17) is 5.11 Å². The molecule has 74 valence electrons. The van der Waals surface area contributed by atoms with Gasteiger partial charge in [0.25, 0.3) is 0 Å². The van der Waals surface area contributed by atoms with Gasteiger partial charge in [-0.05, 0) is 0 Å². The molecule has 0 aromatic carbocycles. The lowest BCUT2D eigenvalue weighted by Gasteiger charge is -2.04. The van der Waals surface area contributed by atoms with Crippen LogP contribution in [-0.4, -0.2) is 19.9 Å². The molecule has 6 heteroatoms. The third-order valence-corrected chi connectivity index (χ3v) is 2.53. The molecule has 2 aromatic rings. The molecule has 0 fully saturated rings. The van der Waals surface area contributed by atoms with Crippen LogP contribution in [0.5, 0.6) is 0 Å². The van der Waals surface area contributed by atoms with E-state index in [1.165, 1.54) is 11.3 Å². The summed E-state index contributed by atoms with van der Waals surface area (Å²) in [6.45, 7) is -0.0262. The van der Waals surface area contributed by atoms with Gasteiger partial charge in [0.15, 0.2) is 5.13 Å². The summed E-state index contributed by atoms with van der Waals surface area (Å²) < 4.78 is 1.67. The number of aromatic nitrogens is 3. The standard InChI is InChI=1S/C8H10N4OS/c1-12-7(6(5-13)4-10-12)11-8-9-2-3-14-8/h2-4,13H,5H2,1H3,(H,9,11). The van der Waals surface area contributed by atoms with Crippen molar-refractivity contribution in [2.45, 2.75) is 6.61 Å². The Morgan fingerprint density at radius 1 is 1.64 bits per heavy atom. The summed E-state index contributed by atoms with van der Waals surface area (Å²) in [7, 11) is 1.81. The van der Waals surface area contributed by atoms with Crippen molar-refractivity contribution < 1.29 is 5.11 Å². The summed E-state index contributed by atoms with van der Waals surface area (Å²) in [5, 5.41) is 18.9. The van der Waals surface area contributed by atoms with Gasteiger partial charge >= 0.3 is 0 Å². The highest BCUT2D eigenvalue weighted by molar-refractivity contribution is 7.13. The highest BCUT2D eigenvalue weighted by atomic mass is 32.1. The van der Waals surface area contributed by atoms with E-state index in [0.717, 1.165) is 16.5 Å². The average molecular weight is 210 g/mol. The van der Waals surface area contributed by atoms with Gasteiger partial charge in [0, 0.05) is 24.2 Å². The zero-order valence-corrected chi connectivity index (χ0v) is 8.45. The minimum atomic E-state index is -0.0262. The van der Waals surface area contributed by atoms with Crippen molar-refractivity contribution in [3.8, 4) is 0 Å². The molecule has 2 rings (SSSR count). The molecule has 0 unspecified atom stereocenters. The van der Waals surface area contributed by atoms with Crippen LogP contribution in [0.4, 0.5) is 10.9 Å². The molecular weight excluding hydrogens is 200 g/mol. The molecule has 2 heterocycles. The monoisotopic (exact) mass is 210 g/mol. The molecule has 0 aliphatic carbocycles. The van der Waals surface area contributed by atoms with Crippen LogP contribution in [0.1, 0.15) is 5.56 Å². The Balaban J connectivity index is 2.27. The van der Waals surface area contributed by atoms with E-state index in [0.29, 0.717) is 0 Å². The van der Waals surface area contributed by atoms with Crippen LogP contribution >= 0.6 is 11.3 Å². The van der Waals surface area contributed by atoms with Crippen LogP contribution in [-0.2, 0) is 13.7 Å². The van der Waals surface area contributed by atoms with Gasteiger partial charge in [0.1, 0.15) is 5.82 Å². The predicted molar refractivity (Wildman–Crippen MR) is 54.5 cm³/mol. The second-order valence-corrected chi connectivity index (χ2v) is 3.66. The highest BCUT2D eigenvalue weighted by Gasteiger charge is 2.08. The Labute approximate surface area is 85.0 Å². The van der Waals surface area contributed by atoms with E-state index in [-0.39, 0.29) is 6.61 Å². The van der Waals surface area contributed by atoms with Gasteiger partial charge in [0.05, 0.1) is 12.8 Å². The molecule has 0 saturated carbocycles.